The van der Waals surface area contributed by atoms with E-state index in [2.05, 4.69) is 546 Å². The summed E-state index contributed by atoms with van der Waals surface area (Å²) in [5.41, 5.74) is 62.1. The summed E-state index contributed by atoms with van der Waals surface area (Å²) in [6, 6.07) is 186. The second kappa shape index (κ2) is 32.8. The van der Waals surface area contributed by atoms with E-state index in [1.54, 1.807) is 0 Å². The van der Waals surface area contributed by atoms with Crippen molar-refractivity contribution < 1.29 is 0 Å². The molecule has 22 aromatic carbocycles. The number of para-hydroxylation sites is 3. The van der Waals surface area contributed by atoms with Crippen LogP contribution in [0.3, 0.4) is 0 Å². The number of rotatable bonds is 10. The third-order valence-electron chi connectivity index (χ3n) is 31.0. The molecule has 0 fully saturated rings. The molecule has 0 N–H and O–H groups in total. The average molecular weight is 1820 g/mol. The molecule has 9 heteroatoms. The predicted octanol–water partition coefficient (Wildman–Crippen LogP) is 31.4. The second-order valence-corrected chi connectivity index (χ2v) is 38.9. The average Bonchev–Trinajstić information content (AvgIpc) is 0.689. The fourth-order valence-corrected chi connectivity index (χ4v) is 24.9. The third-order valence-corrected chi connectivity index (χ3v) is 31.0. The molecular weight excluding hydrogens is 1730 g/mol. The number of aryl methyl sites for hydroxylation is 2. The highest BCUT2D eigenvalue weighted by Crippen LogP contribution is 2.58. The van der Waals surface area contributed by atoms with Crippen molar-refractivity contribution >= 4 is 139 Å². The van der Waals surface area contributed by atoms with Crippen LogP contribution in [0.15, 0.2) is 504 Å². The molecule has 22 aromatic rings. The minimum atomic E-state index is 0.0642. The van der Waals surface area contributed by atoms with Crippen LogP contribution in [0.5, 0.6) is 0 Å². The fourth-order valence-electron chi connectivity index (χ4n) is 24.9. The highest BCUT2D eigenvalue weighted by Gasteiger charge is 2.53. The van der Waals surface area contributed by atoms with Crippen molar-refractivity contribution in [3.8, 4) is 145 Å². The van der Waals surface area contributed by atoms with Crippen LogP contribution in [-0.4, -0.2) is 20.5 Å². The Bertz CT molecular complexity index is 8940. The van der Waals surface area contributed by atoms with Crippen molar-refractivity contribution in [1.82, 2.24) is 0 Å². The summed E-state index contributed by atoms with van der Waals surface area (Å²) >= 11 is 0. The van der Waals surface area contributed by atoms with Crippen LogP contribution in [-0.2, 0) is 0 Å². The van der Waals surface area contributed by atoms with Gasteiger partial charge in [-0.3, -0.25) is 0 Å². The zero-order valence-electron chi connectivity index (χ0n) is 78.8. The predicted molar refractivity (Wildman–Crippen MR) is 605 cm³/mol. The molecule has 664 valence electrons. The summed E-state index contributed by atoms with van der Waals surface area (Å²) in [6.07, 6.45) is 0. The number of benzene rings is 22. The van der Waals surface area contributed by atoms with Gasteiger partial charge in [0.15, 0.2) is 0 Å². The van der Waals surface area contributed by atoms with E-state index in [4.69, 9.17) is 0 Å². The van der Waals surface area contributed by atoms with Crippen LogP contribution in [0.2, 0.25) is 0 Å². The van der Waals surface area contributed by atoms with E-state index >= 15 is 0 Å². The van der Waals surface area contributed by atoms with Gasteiger partial charge >= 0.3 is 20.5 Å². The molecule has 0 unspecified atom stereocenters. The zero-order chi connectivity index (χ0) is 94.2. The van der Waals surface area contributed by atoms with E-state index in [0.29, 0.717) is 0 Å². The third kappa shape index (κ3) is 12.9. The van der Waals surface area contributed by atoms with Gasteiger partial charge < -0.3 is 29.1 Å². The number of nitrogens with zero attached hydrogens (tertiary/aromatic N) is 6. The van der Waals surface area contributed by atoms with Gasteiger partial charge in [-0.15, -0.1) is 0 Å². The van der Waals surface area contributed by atoms with Crippen LogP contribution in [0.25, 0.3) is 145 Å². The lowest BCUT2D eigenvalue weighted by atomic mass is 9.41. The molecule has 0 atom stereocenters. The van der Waals surface area contributed by atoms with E-state index in [0.717, 1.165) is 5.69 Å². The Morgan fingerprint density at radius 1 is 0.126 bits per heavy atom. The molecule has 143 heavy (non-hydrogen) atoms. The number of hydrogen-bond donors (Lipinski definition) is 0. The zero-order valence-corrected chi connectivity index (χ0v) is 78.8. The van der Waals surface area contributed by atoms with Crippen molar-refractivity contribution in [3.63, 3.8) is 0 Å². The second-order valence-electron chi connectivity index (χ2n) is 38.9. The van der Waals surface area contributed by atoms with Gasteiger partial charge in [0.25, 0.3) is 0 Å². The molecule has 0 amide bonds. The summed E-state index contributed by atoms with van der Waals surface area (Å²) in [5, 5.41) is 0. The van der Waals surface area contributed by atoms with Gasteiger partial charge in [-0.05, 0) is 303 Å². The van der Waals surface area contributed by atoms with Gasteiger partial charge in [-0.1, -0.05) is 369 Å². The number of fused-ring (bicyclic) bond motifs is 18. The van der Waals surface area contributed by atoms with Crippen molar-refractivity contribution in [3.05, 3.63) is 515 Å². The van der Waals surface area contributed by atoms with Crippen LogP contribution in [0.1, 0.15) is 11.1 Å². The molecule has 0 spiro atoms. The highest BCUT2D eigenvalue weighted by atomic mass is 15.2. The van der Waals surface area contributed by atoms with Crippen LogP contribution in [0, 0.1) is 13.8 Å². The Hall–Kier alpha value is -18.2. The van der Waals surface area contributed by atoms with E-state index in [-0.39, 0.29) is 20.5 Å². The van der Waals surface area contributed by atoms with Crippen molar-refractivity contribution in [2.75, 3.05) is 29.1 Å². The molecule has 0 aromatic heterocycles. The van der Waals surface area contributed by atoms with Gasteiger partial charge in [-0.25, -0.2) is 0 Å². The maximum atomic E-state index is 2.61. The number of anilines is 15. The summed E-state index contributed by atoms with van der Waals surface area (Å²) in [7, 11) is 0. The van der Waals surface area contributed by atoms with E-state index < -0.39 is 0 Å². The molecule has 9 aliphatic rings. The lowest BCUT2D eigenvalue weighted by Crippen LogP contribution is -2.63. The molecule has 0 aliphatic carbocycles. The van der Waals surface area contributed by atoms with Gasteiger partial charge in [-0.2, -0.15) is 0 Å². The van der Waals surface area contributed by atoms with Gasteiger partial charge in [0.1, 0.15) is 0 Å². The molecule has 0 saturated carbocycles. The normalized spacial score (nSPS) is 13.1. The summed E-state index contributed by atoms with van der Waals surface area (Å²) in [6.45, 7) is 4.66. The Morgan fingerprint density at radius 2 is 0.343 bits per heavy atom. The van der Waals surface area contributed by atoms with Crippen LogP contribution < -0.4 is 61.9 Å². The fraction of sp³-hybridized carbons (Fsp3) is 0.0149. The lowest BCUT2D eigenvalue weighted by molar-refractivity contribution is 1.26. The standard InChI is InChI=1S/C48H31BN2.2C43H29BN2/c1-3-13-32(14-4-1)34-17-9-18-35(29-34)36-19-10-20-38(30-36)50-45-25-11-22-40-39-21-7-8-24-43(39)51-44-28-27-37(33-15-5-2-6-16-33)31-42(44)41-23-12-26-46(50)48(41)49(51)47(40)45;1-28-22-23-39-37(24-28)36-18-11-21-41-43(36)44-42-35(34-16-8-9-19-38(34)46(39)44)17-10-20-40(42)45(41)33-26-31(29-12-4-2-5-13-29)25-32(27-33)30-14-6-3-7-15-30;1-28-20-25-39-37(26-28)36-16-9-19-41-43(36)44-42-35(34-14-5-6-17-38(34)46(39)44)15-8-18-40(42)45(41)33-23-21-30(22-24-33)32-13-7-12-31(27-32)29-10-3-2-4-11-29/h1-31H;2*2-27H,1H3. The molecule has 0 saturated heterocycles. The SMILES string of the molecule is Cc1ccc2c(c1)-c1cccc3c1B1c4c(cccc4N3c3cc(-c4ccccc4)cc(-c4ccccc4)c3)-c3ccccc3N12.Cc1ccc2c(c1)-c1cccc3c1B1c4c(cccc4N3c3ccc(-c4cccc(-c5ccccc5)c4)cc3)-c3ccccc3N12.c1ccc(-c2cccc(-c3cccc(N4c5cccc6c5B5c7c(cccc74)-c4cc(-c7ccccc7)ccc4N5c4ccccc4-6)c3)c2)cc1. The van der Waals surface area contributed by atoms with Gasteiger partial charge in [0.2, 0.25) is 0 Å². The smallest absolute Gasteiger partial charge is 0.333 e. The van der Waals surface area contributed by atoms with Crippen LogP contribution >= 0.6 is 0 Å². The first kappa shape index (κ1) is 82.0. The summed E-state index contributed by atoms with van der Waals surface area (Å²) in [4.78, 5) is 15.3. The largest absolute Gasteiger partial charge is 0.376 e. The van der Waals surface area contributed by atoms with E-state index in [1.807, 2.05) is 0 Å². The molecule has 9 heterocycles. The minimum Gasteiger partial charge on any atom is -0.376 e. The highest BCUT2D eigenvalue weighted by molar-refractivity contribution is 6.97. The molecular formula is C134H89B3N6. The maximum absolute atomic E-state index is 2.61. The molecule has 0 bridgehead atoms. The quantitative estimate of drug-likeness (QED) is 0.126. The minimum absolute atomic E-state index is 0.0642. The Morgan fingerprint density at radius 3 is 0.706 bits per heavy atom. The van der Waals surface area contributed by atoms with Crippen molar-refractivity contribution in [1.29, 1.82) is 0 Å². The van der Waals surface area contributed by atoms with E-state index in [1.165, 1.54) is 268 Å². The van der Waals surface area contributed by atoms with Crippen LogP contribution in [0.4, 0.5) is 85.3 Å². The number of hydrogen-bond acceptors (Lipinski definition) is 6. The van der Waals surface area contributed by atoms with Crippen molar-refractivity contribution in [2.24, 2.45) is 0 Å². The Labute approximate surface area is 834 Å². The van der Waals surface area contributed by atoms with Gasteiger partial charge in [0.05, 0.1) is 0 Å². The topological polar surface area (TPSA) is 19.4 Å². The van der Waals surface area contributed by atoms with Crippen molar-refractivity contribution in [2.45, 2.75) is 13.8 Å². The summed E-state index contributed by atoms with van der Waals surface area (Å²) in [5.74, 6) is 0. The molecule has 6 nitrogen and oxygen atoms in total. The van der Waals surface area contributed by atoms with E-state index in [9.17, 15) is 0 Å². The first-order valence-electron chi connectivity index (χ1n) is 49.8. The Kier molecular flexibility index (Phi) is 18.8. The lowest BCUT2D eigenvalue weighted by Gasteiger charge is -2.49. The molecule has 9 aliphatic heterocycles. The monoisotopic (exact) mass is 1810 g/mol. The Balaban J connectivity index is 0.000000102. The van der Waals surface area contributed by atoms with Gasteiger partial charge in [0, 0.05) is 119 Å². The molecule has 0 radical (unpaired) electrons. The summed E-state index contributed by atoms with van der Waals surface area (Å²) < 4.78 is 0. The molecule has 31 rings (SSSR count). The first-order valence-corrected chi connectivity index (χ1v) is 49.8. The maximum Gasteiger partial charge on any atom is 0.333 e. The first-order chi connectivity index (χ1) is 70.8.